The van der Waals surface area contributed by atoms with E-state index >= 15 is 0 Å². The maximum atomic E-state index is 13.5. The van der Waals surface area contributed by atoms with Crippen molar-refractivity contribution in [3.05, 3.63) is 63.0 Å². The lowest BCUT2D eigenvalue weighted by atomic mass is 10.0. The molecular formula is C18H14FNO5S. The number of fused-ring (bicyclic) bond motifs is 1. The van der Waals surface area contributed by atoms with Crippen molar-refractivity contribution in [3.8, 4) is 11.5 Å². The molecule has 0 amide bonds. The quantitative estimate of drug-likeness (QED) is 0.454. The normalized spacial score (nSPS) is 14.9. The van der Waals surface area contributed by atoms with E-state index in [-0.39, 0.29) is 28.3 Å². The smallest absolute Gasteiger partial charge is 0.280 e. The Morgan fingerprint density at radius 3 is 2.54 bits per heavy atom. The van der Waals surface area contributed by atoms with Crippen molar-refractivity contribution in [3.63, 3.8) is 0 Å². The van der Waals surface area contributed by atoms with Gasteiger partial charge < -0.3 is 9.47 Å². The molecule has 1 aliphatic heterocycles. The number of halogens is 1. The third-order valence-electron chi connectivity index (χ3n) is 3.92. The first-order valence-electron chi connectivity index (χ1n) is 7.52. The van der Waals surface area contributed by atoms with Gasteiger partial charge >= 0.3 is 0 Å². The fraction of sp³-hybridized carbons (Fsp3) is 0.167. The Hall–Kier alpha value is -2.87. The van der Waals surface area contributed by atoms with E-state index in [9.17, 15) is 19.3 Å². The fourth-order valence-corrected chi connectivity index (χ4v) is 3.65. The Labute approximate surface area is 152 Å². The first kappa shape index (κ1) is 17.9. The molecular weight excluding hydrogens is 361 g/mol. The lowest BCUT2D eigenvalue weighted by Gasteiger charge is -2.17. The number of thioether (sulfide) groups is 1. The van der Waals surface area contributed by atoms with Crippen LogP contribution >= 0.6 is 11.8 Å². The van der Waals surface area contributed by atoms with Crippen molar-refractivity contribution in [1.29, 1.82) is 0 Å². The van der Waals surface area contributed by atoms with Crippen molar-refractivity contribution in [2.45, 2.75) is 4.90 Å². The van der Waals surface area contributed by atoms with Crippen LogP contribution in [-0.2, 0) is 0 Å². The van der Waals surface area contributed by atoms with Crippen molar-refractivity contribution in [1.82, 2.24) is 0 Å². The summed E-state index contributed by atoms with van der Waals surface area (Å²) in [6.07, 6.45) is 1.45. The molecule has 0 spiro atoms. The van der Waals surface area contributed by atoms with Gasteiger partial charge in [0.25, 0.3) is 5.69 Å². The molecule has 2 aromatic rings. The zero-order chi connectivity index (χ0) is 18.8. The summed E-state index contributed by atoms with van der Waals surface area (Å²) in [5, 5.41) is 11.4. The molecule has 1 aliphatic rings. The third-order valence-corrected chi connectivity index (χ3v) is 5.04. The molecule has 8 heteroatoms. The minimum atomic E-state index is -0.553. The number of methoxy groups -OCH3 is 2. The van der Waals surface area contributed by atoms with Crippen LogP contribution in [0.5, 0.6) is 11.5 Å². The number of Topliss-reactive ketones (excluding diaryl/α,β-unsaturated/α-hetero) is 1. The highest BCUT2D eigenvalue weighted by molar-refractivity contribution is 7.99. The average Bonchev–Trinajstić information content (AvgIpc) is 2.63. The van der Waals surface area contributed by atoms with Gasteiger partial charge in [-0.2, -0.15) is 0 Å². The summed E-state index contributed by atoms with van der Waals surface area (Å²) in [5.41, 5.74) is 0.619. The van der Waals surface area contributed by atoms with Gasteiger partial charge in [0.05, 0.1) is 30.8 Å². The molecule has 0 N–H and O–H groups in total. The molecule has 0 atom stereocenters. The summed E-state index contributed by atoms with van der Waals surface area (Å²) in [6, 6.07) is 6.73. The number of nitro benzene ring substituents is 1. The SMILES string of the molecule is COc1cc(/C=C2\CSc3ccc(F)cc3C2=O)c([N+](=O)[O-])cc1OC. The number of hydrogen-bond acceptors (Lipinski definition) is 6. The number of ketones is 1. The average molecular weight is 375 g/mol. The van der Waals surface area contributed by atoms with Gasteiger partial charge in [-0.3, -0.25) is 14.9 Å². The highest BCUT2D eigenvalue weighted by atomic mass is 32.2. The number of benzene rings is 2. The van der Waals surface area contributed by atoms with Crippen LogP contribution in [0, 0.1) is 15.9 Å². The topological polar surface area (TPSA) is 78.7 Å². The van der Waals surface area contributed by atoms with Gasteiger partial charge in [0.1, 0.15) is 5.82 Å². The Bertz CT molecular complexity index is 941. The molecule has 6 nitrogen and oxygen atoms in total. The summed E-state index contributed by atoms with van der Waals surface area (Å²) in [6.45, 7) is 0. The summed E-state index contributed by atoms with van der Waals surface area (Å²) in [5.74, 6) is 0.0203. The van der Waals surface area contributed by atoms with Crippen LogP contribution in [0.25, 0.3) is 6.08 Å². The van der Waals surface area contributed by atoms with Crippen molar-refractivity contribution in [2.75, 3.05) is 20.0 Å². The van der Waals surface area contributed by atoms with E-state index in [1.165, 1.54) is 56.3 Å². The Balaban J connectivity index is 2.10. The van der Waals surface area contributed by atoms with Crippen LogP contribution in [0.4, 0.5) is 10.1 Å². The van der Waals surface area contributed by atoms with E-state index in [1.54, 1.807) is 6.07 Å². The minimum absolute atomic E-state index is 0.210. The van der Waals surface area contributed by atoms with E-state index in [4.69, 9.17) is 9.47 Å². The third kappa shape index (κ3) is 3.28. The standard InChI is InChI=1S/C18H14FNO5S/c1-24-15-6-10(14(20(22)23)8-16(15)25-2)5-11-9-26-17-4-3-12(19)7-13(17)18(11)21/h3-8H,9H2,1-2H3/b11-5+. The molecule has 0 unspecified atom stereocenters. The van der Waals surface area contributed by atoms with Gasteiger partial charge in [-0.05, 0) is 30.3 Å². The Kier molecular flexibility index (Phi) is 4.94. The van der Waals surface area contributed by atoms with Crippen LogP contribution in [0.3, 0.4) is 0 Å². The zero-order valence-corrected chi connectivity index (χ0v) is 14.8. The fourth-order valence-electron chi connectivity index (χ4n) is 2.65. The van der Waals surface area contributed by atoms with Crippen molar-refractivity contribution < 1.29 is 23.6 Å². The first-order valence-corrected chi connectivity index (χ1v) is 8.51. The number of nitrogens with zero attached hydrogens (tertiary/aromatic N) is 1. The molecule has 0 aromatic heterocycles. The van der Waals surface area contributed by atoms with Crippen LogP contribution in [0.15, 0.2) is 40.8 Å². The molecule has 0 aliphatic carbocycles. The molecule has 2 aromatic carbocycles. The lowest BCUT2D eigenvalue weighted by molar-refractivity contribution is -0.385. The molecule has 3 rings (SSSR count). The van der Waals surface area contributed by atoms with Crippen LogP contribution in [0.2, 0.25) is 0 Å². The maximum absolute atomic E-state index is 13.5. The molecule has 0 saturated carbocycles. The Morgan fingerprint density at radius 2 is 1.88 bits per heavy atom. The van der Waals surface area contributed by atoms with Crippen LogP contribution in [0.1, 0.15) is 15.9 Å². The van der Waals surface area contributed by atoms with Gasteiger partial charge in [-0.25, -0.2) is 4.39 Å². The zero-order valence-electron chi connectivity index (χ0n) is 13.9. The van der Waals surface area contributed by atoms with Crippen molar-refractivity contribution in [2.24, 2.45) is 0 Å². The summed E-state index contributed by atoms with van der Waals surface area (Å²) < 4.78 is 23.7. The largest absolute Gasteiger partial charge is 0.493 e. The second-order valence-corrected chi connectivity index (χ2v) is 6.47. The summed E-state index contributed by atoms with van der Waals surface area (Å²) in [4.78, 5) is 24.2. The predicted octanol–water partition coefficient (Wildman–Crippen LogP) is 4.12. The van der Waals surface area contributed by atoms with E-state index in [1.807, 2.05) is 0 Å². The van der Waals surface area contributed by atoms with E-state index < -0.39 is 10.7 Å². The minimum Gasteiger partial charge on any atom is -0.493 e. The number of rotatable bonds is 4. The predicted molar refractivity (Wildman–Crippen MR) is 95.6 cm³/mol. The molecule has 134 valence electrons. The molecule has 0 radical (unpaired) electrons. The van der Waals surface area contributed by atoms with Crippen LogP contribution in [-0.4, -0.2) is 30.7 Å². The molecule has 0 bridgehead atoms. The second kappa shape index (κ2) is 7.17. The number of nitro groups is 1. The lowest BCUT2D eigenvalue weighted by Crippen LogP contribution is -2.13. The number of carbonyl (C=O) groups excluding carboxylic acids is 1. The first-order chi connectivity index (χ1) is 12.4. The van der Waals surface area contributed by atoms with Crippen molar-refractivity contribution >= 4 is 29.3 Å². The maximum Gasteiger partial charge on any atom is 0.280 e. The van der Waals surface area contributed by atoms with Gasteiger partial charge in [0, 0.05) is 21.8 Å². The molecule has 26 heavy (non-hydrogen) atoms. The van der Waals surface area contributed by atoms with Gasteiger partial charge in [0.15, 0.2) is 17.3 Å². The molecule has 1 heterocycles. The Morgan fingerprint density at radius 1 is 1.19 bits per heavy atom. The van der Waals surface area contributed by atoms with E-state index in [0.717, 1.165) is 0 Å². The summed E-state index contributed by atoms with van der Waals surface area (Å²) >= 11 is 1.38. The highest BCUT2D eigenvalue weighted by Gasteiger charge is 2.25. The highest BCUT2D eigenvalue weighted by Crippen LogP contribution is 2.38. The van der Waals surface area contributed by atoms with Gasteiger partial charge in [-0.15, -0.1) is 11.8 Å². The van der Waals surface area contributed by atoms with E-state index in [2.05, 4.69) is 0 Å². The summed E-state index contributed by atoms with van der Waals surface area (Å²) in [7, 11) is 2.80. The van der Waals surface area contributed by atoms with Gasteiger partial charge in [0.2, 0.25) is 0 Å². The van der Waals surface area contributed by atoms with Gasteiger partial charge in [-0.1, -0.05) is 0 Å². The second-order valence-electron chi connectivity index (χ2n) is 5.45. The molecule has 0 saturated heterocycles. The molecule has 0 fully saturated rings. The monoisotopic (exact) mass is 375 g/mol. The van der Waals surface area contributed by atoms with E-state index in [0.29, 0.717) is 22.0 Å². The van der Waals surface area contributed by atoms with Crippen LogP contribution < -0.4 is 9.47 Å². The number of hydrogen-bond donors (Lipinski definition) is 0. The number of carbonyl (C=O) groups is 1. The number of ether oxygens (including phenoxy) is 2.